The molecule has 0 aromatic heterocycles. The molecule has 1 aromatic carbocycles. The van der Waals surface area contributed by atoms with Crippen LogP contribution in [-0.2, 0) is 14.8 Å². The monoisotopic (exact) mass is 257 g/mol. The van der Waals surface area contributed by atoms with Gasteiger partial charge in [-0.25, -0.2) is 8.42 Å². The second-order valence-corrected chi connectivity index (χ2v) is 5.45. The van der Waals surface area contributed by atoms with Crippen molar-refractivity contribution in [1.29, 1.82) is 0 Å². The van der Waals surface area contributed by atoms with Crippen molar-refractivity contribution in [3.05, 3.63) is 24.3 Å². The summed E-state index contributed by atoms with van der Waals surface area (Å²) < 4.78 is 24.6. The molecule has 0 saturated heterocycles. The summed E-state index contributed by atoms with van der Waals surface area (Å²) >= 11 is 0. The molecule has 0 radical (unpaired) electrons. The van der Waals surface area contributed by atoms with Crippen molar-refractivity contribution in [2.75, 3.05) is 16.3 Å². The van der Waals surface area contributed by atoms with Crippen LogP contribution in [0, 0.1) is 0 Å². The Hall–Kier alpha value is -1.60. The highest BCUT2D eigenvalue weighted by atomic mass is 32.2. The third-order valence-electron chi connectivity index (χ3n) is 1.89. The Morgan fingerprint density at radius 2 is 1.82 bits per heavy atom. The van der Waals surface area contributed by atoms with E-state index in [-0.39, 0.29) is 5.91 Å². The zero-order valence-electron chi connectivity index (χ0n) is 9.60. The lowest BCUT2D eigenvalue weighted by Crippen LogP contribution is -2.32. The van der Waals surface area contributed by atoms with Crippen LogP contribution in [0.1, 0.15) is 6.92 Å². The second-order valence-electron chi connectivity index (χ2n) is 3.70. The van der Waals surface area contributed by atoms with Gasteiger partial charge < -0.3 is 11.1 Å². The van der Waals surface area contributed by atoms with Crippen molar-refractivity contribution in [3.63, 3.8) is 0 Å². The largest absolute Gasteiger partial charge is 0.323 e. The maximum absolute atomic E-state index is 11.4. The van der Waals surface area contributed by atoms with E-state index < -0.39 is 16.1 Å². The van der Waals surface area contributed by atoms with Crippen LogP contribution >= 0.6 is 0 Å². The molecule has 0 aliphatic heterocycles. The van der Waals surface area contributed by atoms with Gasteiger partial charge in [0.25, 0.3) is 0 Å². The van der Waals surface area contributed by atoms with Crippen LogP contribution in [0.15, 0.2) is 24.3 Å². The van der Waals surface area contributed by atoms with Gasteiger partial charge in [-0.3, -0.25) is 9.52 Å². The van der Waals surface area contributed by atoms with Crippen LogP contribution in [0.25, 0.3) is 0 Å². The zero-order valence-corrected chi connectivity index (χ0v) is 10.4. The Balaban J connectivity index is 2.96. The topological polar surface area (TPSA) is 101 Å². The summed E-state index contributed by atoms with van der Waals surface area (Å²) in [6, 6.07) is 5.83. The molecular weight excluding hydrogens is 242 g/mol. The van der Waals surface area contributed by atoms with Gasteiger partial charge >= 0.3 is 0 Å². The maximum atomic E-state index is 11.4. The van der Waals surface area contributed by atoms with Gasteiger partial charge in [-0.1, -0.05) is 12.1 Å². The number of para-hydroxylation sites is 2. The van der Waals surface area contributed by atoms with E-state index in [2.05, 4.69) is 10.0 Å². The Morgan fingerprint density at radius 3 is 2.29 bits per heavy atom. The predicted octanol–water partition coefficient (Wildman–Crippen LogP) is 0.344. The van der Waals surface area contributed by atoms with Gasteiger partial charge in [-0.15, -0.1) is 0 Å². The summed E-state index contributed by atoms with van der Waals surface area (Å²) in [6.45, 7) is 1.54. The molecule has 0 spiro atoms. The number of sulfonamides is 1. The fourth-order valence-electron chi connectivity index (χ4n) is 1.13. The Labute approximate surface area is 100 Å². The van der Waals surface area contributed by atoms with Crippen molar-refractivity contribution in [2.24, 2.45) is 5.73 Å². The lowest BCUT2D eigenvalue weighted by Gasteiger charge is -2.12. The number of nitrogens with two attached hydrogens (primary N) is 1. The molecule has 0 aliphatic rings. The molecule has 94 valence electrons. The number of nitrogens with one attached hydrogen (secondary N) is 2. The highest BCUT2D eigenvalue weighted by Crippen LogP contribution is 2.21. The van der Waals surface area contributed by atoms with Crippen molar-refractivity contribution in [2.45, 2.75) is 13.0 Å². The van der Waals surface area contributed by atoms with Crippen LogP contribution in [0.5, 0.6) is 0 Å². The molecule has 0 heterocycles. The number of hydrogen-bond donors (Lipinski definition) is 3. The standard InChI is InChI=1S/C10H15N3O3S/c1-7(11)10(14)12-8-5-3-4-6-9(8)13-17(2,15)16/h3-7,13H,11H2,1-2H3,(H,12,14)/t7-/m0/s1. The minimum Gasteiger partial charge on any atom is -0.323 e. The van der Waals surface area contributed by atoms with Gasteiger partial charge in [-0.05, 0) is 19.1 Å². The zero-order chi connectivity index (χ0) is 13.1. The molecule has 1 rings (SSSR count). The molecule has 1 atom stereocenters. The third kappa shape index (κ3) is 4.41. The summed E-state index contributed by atoms with van der Waals surface area (Å²) in [5.74, 6) is -0.382. The number of rotatable bonds is 4. The number of amides is 1. The van der Waals surface area contributed by atoms with E-state index in [0.29, 0.717) is 11.4 Å². The molecule has 7 heteroatoms. The number of carbonyl (C=O) groups is 1. The van der Waals surface area contributed by atoms with Gasteiger partial charge in [0.05, 0.1) is 23.7 Å². The molecule has 0 fully saturated rings. The van der Waals surface area contributed by atoms with E-state index in [1.807, 2.05) is 0 Å². The molecule has 0 bridgehead atoms. The average molecular weight is 257 g/mol. The molecule has 0 aliphatic carbocycles. The first kappa shape index (κ1) is 13.5. The second kappa shape index (κ2) is 5.15. The van der Waals surface area contributed by atoms with Crippen molar-refractivity contribution in [3.8, 4) is 0 Å². The lowest BCUT2D eigenvalue weighted by molar-refractivity contribution is -0.117. The first-order chi connectivity index (χ1) is 7.79. The predicted molar refractivity (Wildman–Crippen MR) is 67.2 cm³/mol. The van der Waals surface area contributed by atoms with Crippen molar-refractivity contribution < 1.29 is 13.2 Å². The van der Waals surface area contributed by atoms with Crippen molar-refractivity contribution >= 4 is 27.3 Å². The van der Waals surface area contributed by atoms with E-state index in [4.69, 9.17) is 5.73 Å². The summed E-state index contributed by atoms with van der Waals surface area (Å²) in [6.07, 6.45) is 1.04. The van der Waals surface area contributed by atoms with E-state index in [0.717, 1.165) is 6.26 Å². The first-order valence-corrected chi connectivity index (χ1v) is 6.82. The molecule has 4 N–H and O–H groups in total. The van der Waals surface area contributed by atoms with Crippen LogP contribution in [0.2, 0.25) is 0 Å². The molecule has 1 aromatic rings. The Bertz CT molecular complexity index is 511. The van der Waals surface area contributed by atoms with E-state index in [1.54, 1.807) is 31.2 Å². The Morgan fingerprint density at radius 1 is 1.29 bits per heavy atom. The Kier molecular flexibility index (Phi) is 4.08. The van der Waals surface area contributed by atoms with Gasteiger partial charge in [0.15, 0.2) is 0 Å². The van der Waals surface area contributed by atoms with Crippen LogP contribution in [0.4, 0.5) is 11.4 Å². The molecule has 1 amide bonds. The summed E-state index contributed by atoms with van der Waals surface area (Å²) in [7, 11) is -3.39. The normalized spacial score (nSPS) is 12.9. The van der Waals surface area contributed by atoms with Gasteiger partial charge in [0, 0.05) is 0 Å². The molecule has 6 nitrogen and oxygen atoms in total. The van der Waals surface area contributed by atoms with Crippen molar-refractivity contribution in [1.82, 2.24) is 0 Å². The first-order valence-electron chi connectivity index (χ1n) is 4.93. The number of carbonyl (C=O) groups excluding carboxylic acids is 1. The van der Waals surface area contributed by atoms with Crippen LogP contribution < -0.4 is 15.8 Å². The maximum Gasteiger partial charge on any atom is 0.241 e. The average Bonchev–Trinajstić information content (AvgIpc) is 2.18. The van der Waals surface area contributed by atoms with Crippen LogP contribution in [0.3, 0.4) is 0 Å². The quantitative estimate of drug-likeness (QED) is 0.724. The molecule has 0 saturated carbocycles. The highest BCUT2D eigenvalue weighted by molar-refractivity contribution is 7.92. The summed E-state index contributed by atoms with van der Waals surface area (Å²) in [4.78, 5) is 11.4. The third-order valence-corrected chi connectivity index (χ3v) is 2.48. The summed E-state index contributed by atoms with van der Waals surface area (Å²) in [5.41, 5.74) is 6.09. The number of anilines is 2. The SMILES string of the molecule is C[C@H](N)C(=O)Nc1ccccc1NS(C)(=O)=O. The smallest absolute Gasteiger partial charge is 0.241 e. The number of benzene rings is 1. The van der Waals surface area contributed by atoms with E-state index in [9.17, 15) is 13.2 Å². The fraction of sp³-hybridized carbons (Fsp3) is 0.300. The molecule has 0 unspecified atom stereocenters. The highest BCUT2D eigenvalue weighted by Gasteiger charge is 2.11. The minimum absolute atomic E-state index is 0.309. The fourth-order valence-corrected chi connectivity index (χ4v) is 1.70. The molecular formula is C10H15N3O3S. The van der Waals surface area contributed by atoms with Crippen LogP contribution in [-0.4, -0.2) is 26.6 Å². The van der Waals surface area contributed by atoms with Gasteiger partial charge in [-0.2, -0.15) is 0 Å². The number of hydrogen-bond acceptors (Lipinski definition) is 4. The van der Waals surface area contributed by atoms with E-state index in [1.165, 1.54) is 0 Å². The summed E-state index contributed by atoms with van der Waals surface area (Å²) in [5, 5.41) is 2.54. The minimum atomic E-state index is -3.39. The molecule has 17 heavy (non-hydrogen) atoms. The lowest BCUT2D eigenvalue weighted by atomic mass is 10.2. The van der Waals surface area contributed by atoms with Gasteiger partial charge in [0.2, 0.25) is 15.9 Å². The van der Waals surface area contributed by atoms with Gasteiger partial charge in [0.1, 0.15) is 0 Å². The van der Waals surface area contributed by atoms with E-state index >= 15 is 0 Å².